The third kappa shape index (κ3) is 4.57. The normalized spacial score (nSPS) is 19.9. The predicted octanol–water partition coefficient (Wildman–Crippen LogP) is 1.28. The molecule has 0 aliphatic carbocycles. The van der Waals surface area contributed by atoms with Crippen LogP contribution in [0.5, 0.6) is 0 Å². The molecule has 1 aliphatic heterocycles. The molecule has 1 aliphatic rings. The minimum atomic E-state index is -2.59. The molecule has 1 fully saturated rings. The summed E-state index contributed by atoms with van der Waals surface area (Å²) in [6, 6.07) is 0. The van der Waals surface area contributed by atoms with Crippen molar-refractivity contribution in [1.82, 2.24) is 10.2 Å². The first kappa shape index (κ1) is 12.2. The van der Waals surface area contributed by atoms with Gasteiger partial charge in [0, 0.05) is 24.6 Å². The zero-order chi connectivity index (χ0) is 10.4. The molecule has 0 saturated carbocycles. The van der Waals surface area contributed by atoms with Crippen LogP contribution in [-0.2, 0) is 0 Å². The molecule has 0 bridgehead atoms. The van der Waals surface area contributed by atoms with Gasteiger partial charge in [-0.05, 0) is 6.54 Å². The lowest BCUT2D eigenvalue weighted by molar-refractivity contribution is -0.0280. The highest BCUT2D eigenvalue weighted by Crippen LogP contribution is 2.17. The summed E-state index contributed by atoms with van der Waals surface area (Å²) < 4.78 is 26.6. The number of hydrogen-bond donors (Lipinski definition) is 1. The van der Waals surface area contributed by atoms with Crippen LogP contribution < -0.4 is 5.32 Å². The highest BCUT2D eigenvalue weighted by Gasteiger charge is 2.31. The monoisotopic (exact) mass is 224 g/mol. The molecule has 0 aromatic carbocycles. The molecule has 1 rings (SSSR count). The van der Waals surface area contributed by atoms with Crippen LogP contribution in [0.15, 0.2) is 0 Å². The Morgan fingerprint density at radius 3 is 2.57 bits per heavy atom. The lowest BCUT2D eigenvalue weighted by atomic mass is 10.3. The number of nitrogens with one attached hydrogen (secondary N) is 1. The third-order valence-corrected chi connectivity index (χ3v) is 3.13. The number of hydrogen-bond acceptors (Lipinski definition) is 3. The molecule has 0 spiro atoms. The van der Waals surface area contributed by atoms with E-state index in [9.17, 15) is 8.78 Å². The number of rotatable bonds is 5. The first-order valence-corrected chi connectivity index (χ1v) is 6.18. The number of alkyl halides is 2. The van der Waals surface area contributed by atoms with E-state index >= 15 is 0 Å². The lowest BCUT2D eigenvalue weighted by Crippen LogP contribution is -2.46. The molecular weight excluding hydrogens is 206 g/mol. The van der Waals surface area contributed by atoms with Gasteiger partial charge in [0.1, 0.15) is 0 Å². The molecule has 14 heavy (non-hydrogen) atoms. The average Bonchev–Trinajstić information content (AvgIpc) is 2.16. The van der Waals surface area contributed by atoms with Crippen LogP contribution in [0.3, 0.4) is 0 Å². The highest BCUT2D eigenvalue weighted by atomic mass is 32.2. The largest absolute Gasteiger partial charge is 0.311 e. The van der Waals surface area contributed by atoms with Gasteiger partial charge in [-0.25, -0.2) is 8.78 Å². The van der Waals surface area contributed by atoms with Crippen molar-refractivity contribution in [2.24, 2.45) is 0 Å². The van der Waals surface area contributed by atoms with Crippen molar-refractivity contribution in [1.29, 1.82) is 0 Å². The maximum atomic E-state index is 13.3. The topological polar surface area (TPSA) is 15.3 Å². The Labute approximate surface area is 88.4 Å². The Morgan fingerprint density at radius 2 is 2.00 bits per heavy atom. The molecule has 1 N–H and O–H groups in total. The minimum Gasteiger partial charge on any atom is -0.311 e. The minimum absolute atomic E-state index is 0.0967. The van der Waals surface area contributed by atoms with E-state index in [2.05, 4.69) is 5.32 Å². The summed E-state index contributed by atoms with van der Waals surface area (Å²) in [5.74, 6) is -0.618. The van der Waals surface area contributed by atoms with E-state index in [1.807, 2.05) is 23.6 Å². The van der Waals surface area contributed by atoms with Crippen molar-refractivity contribution in [2.75, 3.05) is 44.2 Å². The fraction of sp³-hybridized carbons (Fsp3) is 1.00. The van der Waals surface area contributed by atoms with E-state index in [-0.39, 0.29) is 13.1 Å². The zero-order valence-electron chi connectivity index (χ0n) is 8.56. The maximum absolute atomic E-state index is 13.3. The molecule has 0 aromatic heterocycles. The van der Waals surface area contributed by atoms with Crippen LogP contribution in [0.1, 0.15) is 6.92 Å². The second-order valence-electron chi connectivity index (χ2n) is 3.52. The number of halogens is 2. The summed E-state index contributed by atoms with van der Waals surface area (Å²) in [5.41, 5.74) is 0. The molecule has 0 radical (unpaired) electrons. The summed E-state index contributed by atoms with van der Waals surface area (Å²) in [6.45, 7) is 3.74. The van der Waals surface area contributed by atoms with Crippen LogP contribution >= 0.6 is 11.8 Å². The maximum Gasteiger partial charge on any atom is 0.272 e. The molecule has 2 nitrogen and oxygen atoms in total. The molecule has 5 heteroatoms. The van der Waals surface area contributed by atoms with Crippen molar-refractivity contribution in [2.45, 2.75) is 12.8 Å². The zero-order valence-corrected chi connectivity index (χ0v) is 9.38. The van der Waals surface area contributed by atoms with Gasteiger partial charge in [-0.2, -0.15) is 11.8 Å². The predicted molar refractivity (Wildman–Crippen MR) is 57.3 cm³/mol. The van der Waals surface area contributed by atoms with E-state index in [0.29, 0.717) is 6.54 Å². The Hall–Kier alpha value is 0.130. The van der Waals surface area contributed by atoms with Gasteiger partial charge in [0.25, 0.3) is 5.92 Å². The third-order valence-electron chi connectivity index (χ3n) is 2.19. The molecule has 0 unspecified atom stereocenters. The Kier molecular flexibility index (Phi) is 5.12. The van der Waals surface area contributed by atoms with E-state index in [1.165, 1.54) is 0 Å². The Balaban J connectivity index is 2.25. The molecule has 0 atom stereocenters. The van der Waals surface area contributed by atoms with Crippen LogP contribution in [0.4, 0.5) is 8.78 Å². The van der Waals surface area contributed by atoms with Crippen LogP contribution in [0, 0.1) is 0 Å². The summed E-state index contributed by atoms with van der Waals surface area (Å²) in [6.07, 6.45) is 0. The molecular formula is C9H18F2N2S. The standard InChI is InChI=1S/C9H18F2N2S/c1-2-12-7-9(10,11)8-13-3-5-14-6-4-13/h12H,2-8H2,1H3. The smallest absolute Gasteiger partial charge is 0.272 e. The van der Waals surface area contributed by atoms with Gasteiger partial charge in [0.2, 0.25) is 0 Å². The highest BCUT2D eigenvalue weighted by molar-refractivity contribution is 7.99. The van der Waals surface area contributed by atoms with Crippen molar-refractivity contribution in [3.05, 3.63) is 0 Å². The van der Waals surface area contributed by atoms with Crippen molar-refractivity contribution < 1.29 is 8.78 Å². The van der Waals surface area contributed by atoms with Gasteiger partial charge in [-0.1, -0.05) is 6.92 Å². The number of nitrogens with zero attached hydrogens (tertiary/aromatic N) is 1. The SMILES string of the molecule is CCNCC(F)(F)CN1CCSCC1. The Bertz CT molecular complexity index is 161. The van der Waals surface area contributed by atoms with Gasteiger partial charge in [0.15, 0.2) is 0 Å². The number of thioether (sulfide) groups is 1. The van der Waals surface area contributed by atoms with Gasteiger partial charge in [-0.3, -0.25) is 4.90 Å². The van der Waals surface area contributed by atoms with Gasteiger partial charge < -0.3 is 5.32 Å². The second kappa shape index (κ2) is 5.88. The first-order chi connectivity index (χ1) is 6.64. The summed E-state index contributed by atoms with van der Waals surface area (Å²) >= 11 is 1.84. The van der Waals surface area contributed by atoms with E-state index in [0.717, 1.165) is 24.6 Å². The van der Waals surface area contributed by atoms with Crippen LogP contribution in [-0.4, -0.2) is 55.1 Å². The van der Waals surface area contributed by atoms with Crippen molar-refractivity contribution >= 4 is 11.8 Å². The summed E-state index contributed by atoms with van der Waals surface area (Å²) in [5, 5.41) is 2.70. The molecule has 0 amide bonds. The average molecular weight is 224 g/mol. The van der Waals surface area contributed by atoms with E-state index in [4.69, 9.17) is 0 Å². The van der Waals surface area contributed by atoms with Crippen LogP contribution in [0.2, 0.25) is 0 Å². The molecule has 1 saturated heterocycles. The van der Waals surface area contributed by atoms with Crippen LogP contribution in [0.25, 0.3) is 0 Å². The van der Waals surface area contributed by atoms with Gasteiger partial charge in [-0.15, -0.1) is 0 Å². The van der Waals surface area contributed by atoms with Gasteiger partial charge >= 0.3 is 0 Å². The fourth-order valence-corrected chi connectivity index (χ4v) is 2.43. The first-order valence-electron chi connectivity index (χ1n) is 5.03. The summed E-state index contributed by atoms with van der Waals surface area (Å²) in [7, 11) is 0. The molecule has 1 heterocycles. The summed E-state index contributed by atoms with van der Waals surface area (Å²) in [4.78, 5) is 1.86. The molecule has 84 valence electrons. The second-order valence-corrected chi connectivity index (χ2v) is 4.75. The quantitative estimate of drug-likeness (QED) is 0.757. The van der Waals surface area contributed by atoms with E-state index in [1.54, 1.807) is 0 Å². The van der Waals surface area contributed by atoms with Crippen molar-refractivity contribution in [3.63, 3.8) is 0 Å². The molecule has 0 aromatic rings. The van der Waals surface area contributed by atoms with E-state index < -0.39 is 5.92 Å². The Morgan fingerprint density at radius 1 is 1.36 bits per heavy atom. The fourth-order valence-electron chi connectivity index (χ4n) is 1.45. The van der Waals surface area contributed by atoms with Crippen molar-refractivity contribution in [3.8, 4) is 0 Å². The lowest BCUT2D eigenvalue weighted by Gasteiger charge is -2.30. The van der Waals surface area contributed by atoms with Gasteiger partial charge in [0.05, 0.1) is 13.1 Å².